The van der Waals surface area contributed by atoms with Crippen molar-refractivity contribution in [2.24, 2.45) is 0 Å². The molecule has 2 aromatic rings. The zero-order valence-corrected chi connectivity index (χ0v) is 10.5. The first-order valence-corrected chi connectivity index (χ1v) is 6.57. The Kier molecular flexibility index (Phi) is 2.45. The van der Waals surface area contributed by atoms with Gasteiger partial charge in [0.2, 0.25) is 0 Å². The first kappa shape index (κ1) is 10.9. The van der Waals surface area contributed by atoms with Crippen LogP contribution in [-0.2, 0) is 6.42 Å². The van der Waals surface area contributed by atoms with Gasteiger partial charge in [0.25, 0.3) is 0 Å². The maximum atomic E-state index is 5.64. The number of hydrogen-bond donors (Lipinski definition) is 2. The van der Waals surface area contributed by atoms with E-state index in [9.17, 15) is 0 Å². The zero-order valence-electron chi connectivity index (χ0n) is 10.5. The number of ether oxygens (including phenoxy) is 2. The van der Waals surface area contributed by atoms with Crippen molar-refractivity contribution in [2.45, 2.75) is 12.5 Å². The number of H-pyrrole nitrogens is 1. The molecule has 19 heavy (non-hydrogen) atoms. The number of benzene rings is 1. The Labute approximate surface area is 111 Å². The van der Waals surface area contributed by atoms with Gasteiger partial charge in [-0.3, -0.25) is 0 Å². The van der Waals surface area contributed by atoms with Crippen LogP contribution in [0, 0.1) is 0 Å². The van der Waals surface area contributed by atoms with Crippen LogP contribution >= 0.6 is 0 Å². The van der Waals surface area contributed by atoms with E-state index in [2.05, 4.69) is 27.4 Å². The number of rotatable bonds is 1. The van der Waals surface area contributed by atoms with E-state index in [1.807, 2.05) is 6.07 Å². The number of aromatic nitrogens is 2. The Morgan fingerprint density at radius 1 is 1.16 bits per heavy atom. The van der Waals surface area contributed by atoms with Crippen LogP contribution in [0.5, 0.6) is 11.5 Å². The number of fused-ring (bicyclic) bond motifs is 2. The van der Waals surface area contributed by atoms with E-state index in [-0.39, 0.29) is 6.04 Å². The summed E-state index contributed by atoms with van der Waals surface area (Å²) in [6.45, 7) is 2.19. The van der Waals surface area contributed by atoms with Crippen LogP contribution < -0.4 is 14.8 Å². The second-order valence-electron chi connectivity index (χ2n) is 4.81. The highest BCUT2D eigenvalue weighted by Gasteiger charge is 2.25. The molecule has 98 valence electrons. The van der Waals surface area contributed by atoms with Crippen molar-refractivity contribution in [3.05, 3.63) is 41.5 Å². The predicted molar refractivity (Wildman–Crippen MR) is 69.6 cm³/mol. The summed E-state index contributed by atoms with van der Waals surface area (Å²) in [5.41, 5.74) is 3.47. The average molecular weight is 257 g/mol. The highest BCUT2D eigenvalue weighted by Crippen LogP contribution is 2.35. The maximum absolute atomic E-state index is 5.64. The van der Waals surface area contributed by atoms with E-state index in [0.717, 1.165) is 35.7 Å². The summed E-state index contributed by atoms with van der Waals surface area (Å²) in [5, 5.41) is 3.51. The van der Waals surface area contributed by atoms with Gasteiger partial charge >= 0.3 is 0 Å². The molecule has 3 heterocycles. The largest absolute Gasteiger partial charge is 0.486 e. The lowest BCUT2D eigenvalue weighted by molar-refractivity contribution is 0.171. The molecule has 2 aliphatic rings. The molecule has 0 radical (unpaired) electrons. The van der Waals surface area contributed by atoms with Crippen molar-refractivity contribution in [3.63, 3.8) is 0 Å². The van der Waals surface area contributed by atoms with Crippen LogP contribution in [0.1, 0.15) is 23.0 Å². The van der Waals surface area contributed by atoms with E-state index >= 15 is 0 Å². The average Bonchev–Trinajstić information content (AvgIpc) is 2.95. The minimum Gasteiger partial charge on any atom is -0.486 e. The third-order valence-corrected chi connectivity index (χ3v) is 3.65. The molecular formula is C14H15N3O2. The molecule has 2 aliphatic heterocycles. The fourth-order valence-corrected chi connectivity index (χ4v) is 2.73. The Morgan fingerprint density at radius 2 is 2.05 bits per heavy atom. The van der Waals surface area contributed by atoms with Gasteiger partial charge in [-0.25, -0.2) is 4.98 Å². The van der Waals surface area contributed by atoms with Gasteiger partial charge < -0.3 is 19.8 Å². The van der Waals surface area contributed by atoms with E-state index in [0.29, 0.717) is 13.2 Å². The number of hydrogen-bond acceptors (Lipinski definition) is 4. The molecule has 0 aliphatic carbocycles. The lowest BCUT2D eigenvalue weighted by Crippen LogP contribution is -2.30. The normalized spacial score (nSPS) is 20.9. The van der Waals surface area contributed by atoms with Gasteiger partial charge in [-0.15, -0.1) is 0 Å². The third-order valence-electron chi connectivity index (χ3n) is 3.65. The highest BCUT2D eigenvalue weighted by atomic mass is 16.6. The molecule has 0 saturated carbocycles. The van der Waals surface area contributed by atoms with Crippen LogP contribution in [0.15, 0.2) is 24.5 Å². The lowest BCUT2D eigenvalue weighted by atomic mass is 9.97. The smallest absolute Gasteiger partial charge is 0.161 e. The van der Waals surface area contributed by atoms with Gasteiger partial charge in [-0.1, -0.05) is 6.07 Å². The predicted octanol–water partition coefficient (Wildman–Crippen LogP) is 1.42. The molecule has 0 spiro atoms. The number of aromatic amines is 1. The van der Waals surface area contributed by atoms with Gasteiger partial charge in [-0.2, -0.15) is 0 Å². The third kappa shape index (κ3) is 1.77. The zero-order chi connectivity index (χ0) is 12.7. The molecule has 2 N–H and O–H groups in total. The maximum Gasteiger partial charge on any atom is 0.161 e. The molecule has 1 atom stereocenters. The monoisotopic (exact) mass is 257 g/mol. The van der Waals surface area contributed by atoms with Crippen molar-refractivity contribution in [1.82, 2.24) is 15.3 Å². The second kappa shape index (κ2) is 4.28. The topological polar surface area (TPSA) is 59.2 Å². The molecule has 0 bridgehead atoms. The fourth-order valence-electron chi connectivity index (χ4n) is 2.73. The minimum absolute atomic E-state index is 0.130. The van der Waals surface area contributed by atoms with Crippen LogP contribution in [0.2, 0.25) is 0 Å². The number of nitrogens with zero attached hydrogens (tertiary/aromatic N) is 1. The summed E-state index contributed by atoms with van der Waals surface area (Å²) < 4.78 is 11.2. The Hall–Kier alpha value is -2.01. The molecule has 0 fully saturated rings. The quantitative estimate of drug-likeness (QED) is 0.811. The van der Waals surface area contributed by atoms with Gasteiger partial charge in [0.1, 0.15) is 13.2 Å². The van der Waals surface area contributed by atoms with E-state index in [4.69, 9.17) is 9.47 Å². The van der Waals surface area contributed by atoms with Crippen LogP contribution in [0.4, 0.5) is 0 Å². The van der Waals surface area contributed by atoms with Crippen molar-refractivity contribution in [1.29, 1.82) is 0 Å². The first-order valence-electron chi connectivity index (χ1n) is 6.57. The SMILES string of the molecule is c1nc2c([nH]1)CCNC2c1ccc2c(c1)OCCO2. The highest BCUT2D eigenvalue weighted by molar-refractivity contribution is 5.46. The summed E-state index contributed by atoms with van der Waals surface area (Å²) in [4.78, 5) is 7.65. The summed E-state index contributed by atoms with van der Waals surface area (Å²) in [6, 6.07) is 6.24. The number of nitrogens with one attached hydrogen (secondary N) is 2. The van der Waals surface area contributed by atoms with Gasteiger partial charge in [0.05, 0.1) is 18.1 Å². The molecule has 5 heteroatoms. The van der Waals surface area contributed by atoms with Crippen LogP contribution in [0.3, 0.4) is 0 Å². The summed E-state index contributed by atoms with van der Waals surface area (Å²) in [6.07, 6.45) is 2.76. The molecule has 0 amide bonds. The Morgan fingerprint density at radius 3 is 3.00 bits per heavy atom. The van der Waals surface area contributed by atoms with Gasteiger partial charge in [-0.05, 0) is 17.7 Å². The standard InChI is InChI=1S/C14H15N3O2/c1-2-11-12(19-6-5-18-11)7-9(1)13-14-10(3-4-15-13)16-8-17-14/h1-2,7-8,13,15H,3-6H2,(H,16,17). The van der Waals surface area contributed by atoms with Gasteiger partial charge in [0.15, 0.2) is 11.5 Å². The molecule has 0 saturated heterocycles. The second-order valence-corrected chi connectivity index (χ2v) is 4.81. The van der Waals surface area contributed by atoms with E-state index in [1.165, 1.54) is 5.69 Å². The first-order chi connectivity index (χ1) is 9.42. The van der Waals surface area contributed by atoms with E-state index in [1.54, 1.807) is 6.33 Å². The Bertz CT molecular complexity index is 608. The Balaban J connectivity index is 1.74. The van der Waals surface area contributed by atoms with E-state index < -0.39 is 0 Å². The molecule has 1 aromatic carbocycles. The number of imidazole rings is 1. The molecule has 5 nitrogen and oxygen atoms in total. The van der Waals surface area contributed by atoms with Crippen LogP contribution in [-0.4, -0.2) is 29.7 Å². The fraction of sp³-hybridized carbons (Fsp3) is 0.357. The summed E-state index contributed by atoms with van der Waals surface area (Å²) >= 11 is 0. The van der Waals surface area contributed by atoms with Crippen molar-refractivity contribution in [2.75, 3.05) is 19.8 Å². The van der Waals surface area contributed by atoms with Crippen molar-refractivity contribution >= 4 is 0 Å². The summed E-state index contributed by atoms with van der Waals surface area (Å²) in [7, 11) is 0. The van der Waals surface area contributed by atoms with Crippen molar-refractivity contribution in [3.8, 4) is 11.5 Å². The lowest BCUT2D eigenvalue weighted by Gasteiger charge is -2.25. The molecule has 1 aromatic heterocycles. The molecule has 4 rings (SSSR count). The molecule has 1 unspecified atom stereocenters. The van der Waals surface area contributed by atoms with Gasteiger partial charge in [0, 0.05) is 18.7 Å². The van der Waals surface area contributed by atoms with Crippen LogP contribution in [0.25, 0.3) is 0 Å². The van der Waals surface area contributed by atoms with Crippen molar-refractivity contribution < 1.29 is 9.47 Å². The minimum atomic E-state index is 0.130. The molecular weight excluding hydrogens is 242 g/mol. The summed E-state index contributed by atoms with van der Waals surface area (Å²) in [5.74, 6) is 1.65.